The van der Waals surface area contributed by atoms with Gasteiger partial charge in [-0.1, -0.05) is 45.1 Å². The van der Waals surface area contributed by atoms with Gasteiger partial charge in [0.15, 0.2) is 0 Å². The van der Waals surface area contributed by atoms with Gasteiger partial charge in [0.1, 0.15) is 0 Å². The lowest BCUT2D eigenvalue weighted by Gasteiger charge is -2.30. The van der Waals surface area contributed by atoms with E-state index in [-0.39, 0.29) is 0 Å². The second-order valence-corrected chi connectivity index (χ2v) is 11.3. The van der Waals surface area contributed by atoms with Crippen LogP contribution < -0.4 is 0 Å². The Morgan fingerprint density at radius 2 is 1.92 bits per heavy atom. The van der Waals surface area contributed by atoms with E-state index in [1.807, 2.05) is 0 Å². The van der Waals surface area contributed by atoms with Gasteiger partial charge in [0, 0.05) is 8.07 Å². The van der Waals surface area contributed by atoms with Crippen LogP contribution in [0.4, 0.5) is 0 Å². The Labute approximate surface area is 84.4 Å². The van der Waals surface area contributed by atoms with Gasteiger partial charge in [0.2, 0.25) is 0 Å². The monoisotopic (exact) mass is 196 g/mol. The summed E-state index contributed by atoms with van der Waals surface area (Å²) in [6.45, 7) is 12.2. The van der Waals surface area contributed by atoms with Crippen molar-refractivity contribution in [2.75, 3.05) is 0 Å². The Balaban J connectivity index is 2.63. The molecule has 0 spiro atoms. The molecule has 0 radical (unpaired) electrons. The highest BCUT2D eigenvalue weighted by Gasteiger charge is 2.24. The van der Waals surface area contributed by atoms with Crippen molar-refractivity contribution in [2.24, 2.45) is 11.8 Å². The van der Waals surface area contributed by atoms with Gasteiger partial charge in [-0.3, -0.25) is 0 Å². The third kappa shape index (κ3) is 3.30. The molecule has 1 heteroatoms. The van der Waals surface area contributed by atoms with Crippen molar-refractivity contribution in [2.45, 2.75) is 52.4 Å². The van der Waals surface area contributed by atoms with Crippen LogP contribution in [0.15, 0.2) is 11.6 Å². The number of hydrogen-bond acceptors (Lipinski definition) is 0. The van der Waals surface area contributed by atoms with Crippen molar-refractivity contribution >= 4 is 8.07 Å². The molecule has 0 aromatic heterocycles. The predicted octanol–water partition coefficient (Wildman–Crippen LogP) is 4.32. The van der Waals surface area contributed by atoms with Crippen molar-refractivity contribution in [1.29, 1.82) is 0 Å². The SMILES string of the molecule is CC1CCC=C(C[Si](C)(C)C)C1C. The van der Waals surface area contributed by atoms with Crippen LogP contribution >= 0.6 is 0 Å². The van der Waals surface area contributed by atoms with Crippen molar-refractivity contribution in [3.8, 4) is 0 Å². The van der Waals surface area contributed by atoms with Crippen molar-refractivity contribution < 1.29 is 0 Å². The first-order valence-electron chi connectivity index (χ1n) is 5.59. The maximum absolute atomic E-state index is 2.52. The average molecular weight is 196 g/mol. The quantitative estimate of drug-likeness (QED) is 0.456. The molecule has 76 valence electrons. The van der Waals surface area contributed by atoms with Gasteiger partial charge >= 0.3 is 0 Å². The van der Waals surface area contributed by atoms with E-state index in [1.165, 1.54) is 18.9 Å². The first-order chi connectivity index (χ1) is 5.90. The normalized spacial score (nSPS) is 30.1. The fourth-order valence-corrected chi connectivity index (χ4v) is 3.87. The Morgan fingerprint density at radius 3 is 2.46 bits per heavy atom. The molecule has 2 unspecified atom stereocenters. The summed E-state index contributed by atoms with van der Waals surface area (Å²) in [5.74, 6) is 1.76. The van der Waals surface area contributed by atoms with E-state index in [2.05, 4.69) is 39.6 Å². The average Bonchev–Trinajstić information content (AvgIpc) is 1.96. The van der Waals surface area contributed by atoms with Crippen LogP contribution in [-0.2, 0) is 0 Å². The number of hydrogen-bond donors (Lipinski definition) is 0. The highest BCUT2D eigenvalue weighted by atomic mass is 28.3. The first-order valence-corrected chi connectivity index (χ1v) is 9.30. The van der Waals surface area contributed by atoms with Crippen molar-refractivity contribution in [1.82, 2.24) is 0 Å². The second kappa shape index (κ2) is 3.99. The van der Waals surface area contributed by atoms with Crippen LogP contribution in [0.25, 0.3) is 0 Å². The van der Waals surface area contributed by atoms with Crippen LogP contribution in [0.2, 0.25) is 25.7 Å². The van der Waals surface area contributed by atoms with Gasteiger partial charge in [-0.2, -0.15) is 0 Å². The predicted molar refractivity (Wildman–Crippen MR) is 63.8 cm³/mol. The summed E-state index contributed by atoms with van der Waals surface area (Å²) in [6.07, 6.45) is 5.24. The van der Waals surface area contributed by atoms with E-state index in [0.717, 1.165) is 11.8 Å². The molecule has 0 bridgehead atoms. The van der Waals surface area contributed by atoms with E-state index in [1.54, 1.807) is 5.57 Å². The topological polar surface area (TPSA) is 0 Å². The fourth-order valence-electron chi connectivity index (χ4n) is 2.18. The summed E-state index contributed by atoms with van der Waals surface area (Å²) in [5, 5.41) is 0. The zero-order valence-corrected chi connectivity index (χ0v) is 10.9. The molecular formula is C12H24Si. The first kappa shape index (κ1) is 11.0. The standard InChI is InChI=1S/C12H24Si/c1-10-7-6-8-12(11(10)2)9-13(3,4)5/h8,10-11H,6-7,9H2,1-5H3. The summed E-state index contributed by atoms with van der Waals surface area (Å²) in [6, 6.07) is 1.42. The molecule has 1 aliphatic rings. The summed E-state index contributed by atoms with van der Waals surface area (Å²) >= 11 is 0. The maximum Gasteiger partial charge on any atom is 0.0483 e. The molecule has 1 aliphatic carbocycles. The third-order valence-electron chi connectivity index (χ3n) is 3.20. The minimum absolute atomic E-state index is 0.848. The highest BCUT2D eigenvalue weighted by molar-refractivity contribution is 6.76. The Hall–Kier alpha value is -0.0431. The molecule has 0 heterocycles. The number of rotatable bonds is 2. The highest BCUT2D eigenvalue weighted by Crippen LogP contribution is 2.34. The lowest BCUT2D eigenvalue weighted by molar-refractivity contribution is 0.392. The minimum Gasteiger partial charge on any atom is -0.0853 e. The lowest BCUT2D eigenvalue weighted by Crippen LogP contribution is -2.25. The molecule has 2 atom stereocenters. The summed E-state index contributed by atoms with van der Waals surface area (Å²) < 4.78 is 0. The van der Waals surface area contributed by atoms with Crippen molar-refractivity contribution in [3.63, 3.8) is 0 Å². The van der Waals surface area contributed by atoms with Gasteiger partial charge in [0.05, 0.1) is 0 Å². The van der Waals surface area contributed by atoms with E-state index in [9.17, 15) is 0 Å². The lowest BCUT2D eigenvalue weighted by atomic mass is 9.81. The van der Waals surface area contributed by atoms with Crippen LogP contribution in [0.3, 0.4) is 0 Å². The molecule has 13 heavy (non-hydrogen) atoms. The van der Waals surface area contributed by atoms with Gasteiger partial charge in [-0.15, -0.1) is 0 Å². The van der Waals surface area contributed by atoms with E-state index in [0.29, 0.717) is 0 Å². The Kier molecular flexibility index (Phi) is 3.39. The molecule has 0 aliphatic heterocycles. The van der Waals surface area contributed by atoms with Gasteiger partial charge in [-0.05, 0) is 30.7 Å². The summed E-state index contributed by atoms with van der Waals surface area (Å²) in [4.78, 5) is 0. The molecule has 0 aromatic rings. The molecule has 1 rings (SSSR count). The van der Waals surface area contributed by atoms with Crippen LogP contribution in [0, 0.1) is 11.8 Å². The molecular weight excluding hydrogens is 172 g/mol. The van der Waals surface area contributed by atoms with E-state index >= 15 is 0 Å². The maximum atomic E-state index is 2.52. The molecule has 0 saturated heterocycles. The number of allylic oxidation sites excluding steroid dienone is 2. The molecule has 0 N–H and O–H groups in total. The molecule has 0 amide bonds. The van der Waals surface area contributed by atoms with E-state index < -0.39 is 8.07 Å². The summed E-state index contributed by atoms with van der Waals surface area (Å²) in [7, 11) is -0.884. The van der Waals surface area contributed by atoms with Gasteiger partial charge in [-0.25, -0.2) is 0 Å². The van der Waals surface area contributed by atoms with Crippen LogP contribution in [0.5, 0.6) is 0 Å². The van der Waals surface area contributed by atoms with Gasteiger partial charge < -0.3 is 0 Å². The minimum atomic E-state index is -0.884. The van der Waals surface area contributed by atoms with Crippen LogP contribution in [0.1, 0.15) is 26.7 Å². The smallest absolute Gasteiger partial charge is 0.0483 e. The zero-order chi connectivity index (χ0) is 10.1. The van der Waals surface area contributed by atoms with Crippen molar-refractivity contribution in [3.05, 3.63) is 11.6 Å². The van der Waals surface area contributed by atoms with Crippen LogP contribution in [-0.4, -0.2) is 8.07 Å². The fraction of sp³-hybridized carbons (Fsp3) is 0.833. The third-order valence-corrected chi connectivity index (χ3v) is 4.67. The molecule has 0 aromatic carbocycles. The Morgan fingerprint density at radius 1 is 1.31 bits per heavy atom. The zero-order valence-electron chi connectivity index (χ0n) is 9.85. The summed E-state index contributed by atoms with van der Waals surface area (Å²) in [5.41, 5.74) is 1.76. The van der Waals surface area contributed by atoms with Gasteiger partial charge in [0.25, 0.3) is 0 Å². The molecule has 0 fully saturated rings. The second-order valence-electron chi connectivity index (χ2n) is 5.86. The largest absolute Gasteiger partial charge is 0.0853 e. The Bertz CT molecular complexity index is 198. The molecule has 0 saturated carbocycles. The van der Waals surface area contributed by atoms with E-state index in [4.69, 9.17) is 0 Å². The molecule has 0 nitrogen and oxygen atoms in total.